The standard InChI is InChI=1S/C34H36F6O4/c1-8-20(3)27-16-14-25(18-21(27)4)32(33(35,36)37,34(38,39)40)26-15-17-28(22(5)19-26)43-29(41)23-10-12-24(13-11-23)30(42)44-31(6,7)9-2/h10-20H,8-9H2,1-7H3. The van der Waals surface area contributed by atoms with Gasteiger partial charge in [-0.1, -0.05) is 51.1 Å². The van der Waals surface area contributed by atoms with Gasteiger partial charge in [-0.15, -0.1) is 0 Å². The lowest BCUT2D eigenvalue weighted by Crippen LogP contribution is -2.54. The highest BCUT2D eigenvalue weighted by molar-refractivity contribution is 5.94. The summed E-state index contributed by atoms with van der Waals surface area (Å²) in [4.78, 5) is 25.2. The molecule has 0 radical (unpaired) electrons. The highest BCUT2D eigenvalue weighted by Crippen LogP contribution is 2.57. The number of esters is 2. The second-order valence-electron chi connectivity index (χ2n) is 11.6. The molecule has 0 spiro atoms. The van der Waals surface area contributed by atoms with Gasteiger partial charge in [-0.05, 0) is 105 Å². The summed E-state index contributed by atoms with van der Waals surface area (Å²) in [7, 11) is 0. The van der Waals surface area contributed by atoms with Gasteiger partial charge >= 0.3 is 24.3 Å². The Labute approximate surface area is 253 Å². The number of rotatable bonds is 9. The summed E-state index contributed by atoms with van der Waals surface area (Å²) < 4.78 is 99.1. The Bertz CT molecular complexity index is 1490. The van der Waals surface area contributed by atoms with E-state index in [2.05, 4.69) is 0 Å². The number of hydrogen-bond donors (Lipinski definition) is 0. The molecule has 10 heteroatoms. The Morgan fingerprint density at radius 3 is 1.64 bits per heavy atom. The normalized spacial score (nSPS) is 13.4. The van der Waals surface area contributed by atoms with E-state index in [1.807, 2.05) is 20.8 Å². The van der Waals surface area contributed by atoms with Crippen LogP contribution in [0.15, 0.2) is 60.7 Å². The molecule has 0 aromatic heterocycles. The van der Waals surface area contributed by atoms with E-state index in [-0.39, 0.29) is 28.4 Å². The quantitative estimate of drug-likeness (QED) is 0.135. The first kappa shape index (κ1) is 34.7. The van der Waals surface area contributed by atoms with Crippen molar-refractivity contribution in [1.82, 2.24) is 0 Å². The molecule has 238 valence electrons. The molecule has 3 rings (SSSR count). The topological polar surface area (TPSA) is 52.6 Å². The molecule has 0 amide bonds. The van der Waals surface area contributed by atoms with Crippen molar-refractivity contribution >= 4 is 11.9 Å². The van der Waals surface area contributed by atoms with Crippen LogP contribution in [-0.2, 0) is 10.2 Å². The van der Waals surface area contributed by atoms with Crippen LogP contribution in [0.1, 0.15) is 102 Å². The molecule has 3 aromatic rings. The second kappa shape index (κ2) is 12.7. The Hall–Kier alpha value is -3.82. The van der Waals surface area contributed by atoms with Crippen LogP contribution in [0.25, 0.3) is 0 Å². The summed E-state index contributed by atoms with van der Waals surface area (Å²) in [5, 5.41) is 0. The van der Waals surface area contributed by atoms with Gasteiger partial charge in [0.05, 0.1) is 11.1 Å². The van der Waals surface area contributed by atoms with E-state index in [9.17, 15) is 35.9 Å². The van der Waals surface area contributed by atoms with Crippen molar-refractivity contribution in [3.63, 3.8) is 0 Å². The fraction of sp³-hybridized carbons (Fsp3) is 0.412. The molecule has 3 aromatic carbocycles. The van der Waals surface area contributed by atoms with Gasteiger partial charge in [0.1, 0.15) is 11.4 Å². The van der Waals surface area contributed by atoms with Crippen molar-refractivity contribution < 1.29 is 45.4 Å². The Morgan fingerprint density at radius 1 is 0.727 bits per heavy atom. The molecule has 0 aliphatic heterocycles. The van der Waals surface area contributed by atoms with Crippen LogP contribution in [0.3, 0.4) is 0 Å². The van der Waals surface area contributed by atoms with Gasteiger partial charge in [0.15, 0.2) is 0 Å². The Balaban J connectivity index is 1.99. The molecule has 1 atom stereocenters. The summed E-state index contributed by atoms with van der Waals surface area (Å²) >= 11 is 0. The van der Waals surface area contributed by atoms with E-state index in [1.165, 1.54) is 44.2 Å². The summed E-state index contributed by atoms with van der Waals surface area (Å²) in [6, 6.07) is 10.9. The van der Waals surface area contributed by atoms with Crippen LogP contribution in [0.5, 0.6) is 5.75 Å². The van der Waals surface area contributed by atoms with Crippen molar-refractivity contribution in [3.8, 4) is 5.75 Å². The summed E-state index contributed by atoms with van der Waals surface area (Å²) in [6.07, 6.45) is -10.3. The monoisotopic (exact) mass is 622 g/mol. The van der Waals surface area contributed by atoms with Crippen LogP contribution in [0, 0.1) is 13.8 Å². The number of hydrogen-bond acceptors (Lipinski definition) is 4. The number of carbonyl (C=O) groups excluding carboxylic acids is 2. The van der Waals surface area contributed by atoms with Crippen LogP contribution >= 0.6 is 0 Å². The zero-order chi connectivity index (χ0) is 33.3. The SMILES string of the molecule is CCC(C)c1ccc(C(c2ccc(OC(=O)c3ccc(C(=O)OC(C)(C)CC)cc3)c(C)c2)(C(F)(F)F)C(F)(F)F)cc1C. The van der Waals surface area contributed by atoms with Gasteiger partial charge in [-0.3, -0.25) is 0 Å². The van der Waals surface area contributed by atoms with Crippen LogP contribution in [0.4, 0.5) is 26.3 Å². The fourth-order valence-electron chi connectivity index (χ4n) is 4.94. The van der Waals surface area contributed by atoms with Gasteiger partial charge in [0, 0.05) is 0 Å². The average Bonchev–Trinajstić information content (AvgIpc) is 2.92. The number of benzene rings is 3. The summed E-state index contributed by atoms with van der Waals surface area (Å²) in [5.41, 5.74) is -5.94. The molecule has 0 bridgehead atoms. The van der Waals surface area contributed by atoms with E-state index in [4.69, 9.17) is 9.47 Å². The minimum atomic E-state index is -5.75. The molecule has 0 heterocycles. The molecule has 44 heavy (non-hydrogen) atoms. The largest absolute Gasteiger partial charge is 0.456 e. The Kier molecular flexibility index (Phi) is 9.97. The highest BCUT2D eigenvalue weighted by Gasteiger charge is 2.72. The van der Waals surface area contributed by atoms with Crippen LogP contribution < -0.4 is 4.74 Å². The third-order valence-electron chi connectivity index (χ3n) is 8.08. The minimum absolute atomic E-state index is 0.0107. The third kappa shape index (κ3) is 6.79. The van der Waals surface area contributed by atoms with E-state index in [0.29, 0.717) is 30.0 Å². The first-order chi connectivity index (χ1) is 20.3. The lowest BCUT2D eigenvalue weighted by atomic mass is 9.71. The van der Waals surface area contributed by atoms with Crippen molar-refractivity contribution in [3.05, 3.63) is 99.6 Å². The van der Waals surface area contributed by atoms with Crippen molar-refractivity contribution in [1.29, 1.82) is 0 Å². The van der Waals surface area contributed by atoms with Crippen molar-refractivity contribution in [2.24, 2.45) is 0 Å². The smallest absolute Gasteiger partial charge is 0.411 e. The summed E-state index contributed by atoms with van der Waals surface area (Å²) in [6.45, 7) is 11.9. The maximum absolute atomic E-state index is 14.7. The predicted octanol–water partition coefficient (Wildman–Crippen LogP) is 9.79. The number of ether oxygens (including phenoxy) is 2. The van der Waals surface area contributed by atoms with Gasteiger partial charge in [0.2, 0.25) is 5.41 Å². The molecule has 4 nitrogen and oxygen atoms in total. The van der Waals surface area contributed by atoms with E-state index < -0.39 is 46.4 Å². The molecule has 0 saturated carbocycles. The molecular formula is C34H36F6O4. The maximum atomic E-state index is 14.7. The highest BCUT2D eigenvalue weighted by atomic mass is 19.4. The molecule has 0 saturated heterocycles. The molecule has 0 aliphatic rings. The Morgan fingerprint density at radius 2 is 1.20 bits per heavy atom. The fourth-order valence-corrected chi connectivity index (χ4v) is 4.94. The third-order valence-corrected chi connectivity index (χ3v) is 8.08. The van der Waals surface area contributed by atoms with E-state index in [0.717, 1.165) is 24.3 Å². The minimum Gasteiger partial charge on any atom is -0.456 e. The first-order valence-corrected chi connectivity index (χ1v) is 14.2. The second-order valence-corrected chi connectivity index (χ2v) is 11.6. The first-order valence-electron chi connectivity index (χ1n) is 14.2. The van der Waals surface area contributed by atoms with Crippen molar-refractivity contribution in [2.45, 2.75) is 90.6 Å². The number of halogens is 6. The van der Waals surface area contributed by atoms with Gasteiger partial charge in [0.25, 0.3) is 0 Å². The zero-order valence-corrected chi connectivity index (χ0v) is 25.7. The van der Waals surface area contributed by atoms with Crippen LogP contribution in [0.2, 0.25) is 0 Å². The van der Waals surface area contributed by atoms with Crippen molar-refractivity contribution in [2.75, 3.05) is 0 Å². The molecule has 0 N–H and O–H groups in total. The van der Waals surface area contributed by atoms with E-state index >= 15 is 0 Å². The lowest BCUT2D eigenvalue weighted by Gasteiger charge is -2.39. The molecule has 0 fully saturated rings. The molecular weight excluding hydrogens is 586 g/mol. The molecule has 0 aliphatic carbocycles. The average molecular weight is 623 g/mol. The predicted molar refractivity (Wildman–Crippen MR) is 155 cm³/mol. The number of aryl methyl sites for hydroxylation is 2. The number of alkyl halides is 6. The van der Waals surface area contributed by atoms with Gasteiger partial charge in [-0.25, -0.2) is 9.59 Å². The maximum Gasteiger partial charge on any atom is 0.411 e. The molecule has 1 unspecified atom stereocenters. The van der Waals surface area contributed by atoms with Crippen LogP contribution in [-0.4, -0.2) is 29.9 Å². The number of carbonyl (C=O) groups is 2. The zero-order valence-electron chi connectivity index (χ0n) is 25.7. The van der Waals surface area contributed by atoms with E-state index in [1.54, 1.807) is 13.8 Å². The summed E-state index contributed by atoms with van der Waals surface area (Å²) in [5.74, 6) is -1.77. The van der Waals surface area contributed by atoms with Gasteiger partial charge in [-0.2, -0.15) is 26.3 Å². The van der Waals surface area contributed by atoms with Gasteiger partial charge < -0.3 is 9.47 Å². The lowest BCUT2D eigenvalue weighted by molar-refractivity contribution is -0.288.